The number of nitrogen functional groups attached to an aromatic ring is 1. The molecule has 10 heteroatoms. The molecule has 0 bridgehead atoms. The van der Waals surface area contributed by atoms with E-state index in [0.717, 1.165) is 9.13 Å². The third-order valence-electron chi connectivity index (χ3n) is 3.74. The fourth-order valence-electron chi connectivity index (χ4n) is 2.44. The van der Waals surface area contributed by atoms with Crippen molar-refractivity contribution in [2.75, 3.05) is 12.3 Å². The Morgan fingerprint density at radius 3 is 2.30 bits per heavy atom. The molecule has 0 amide bonds. The Morgan fingerprint density at radius 1 is 1.15 bits per heavy atom. The number of aromatic nitrogens is 2. The lowest BCUT2D eigenvalue weighted by Gasteiger charge is -2.14. The minimum absolute atomic E-state index is 0.0529. The molecule has 0 saturated heterocycles. The highest BCUT2D eigenvalue weighted by Gasteiger charge is 2.22. The third-order valence-corrected chi connectivity index (χ3v) is 4.18. The molecule has 0 atom stereocenters. The summed E-state index contributed by atoms with van der Waals surface area (Å²) in [7, 11) is 1.24. The van der Waals surface area contributed by atoms with E-state index < -0.39 is 35.2 Å². The average molecular weight is 414 g/mol. The molecule has 1 heterocycles. The van der Waals surface area contributed by atoms with E-state index in [1.807, 2.05) is 6.92 Å². The van der Waals surface area contributed by atoms with Crippen LogP contribution in [0.15, 0.2) is 27.8 Å². The first-order chi connectivity index (χ1) is 12.7. The standard InChI is InChI=1S/C17H17Cl2N3O5/c1-3-4-22-14(20)13(15(24)21(2)17(22)26)12(23)8-27-16(25)9-5-10(18)7-11(19)6-9/h5-7H,3-4,8,20H2,1-2H3. The van der Waals surface area contributed by atoms with Gasteiger partial charge in [0.15, 0.2) is 6.61 Å². The lowest BCUT2D eigenvalue weighted by Crippen LogP contribution is -2.43. The van der Waals surface area contributed by atoms with Gasteiger partial charge in [-0.2, -0.15) is 0 Å². The first-order valence-electron chi connectivity index (χ1n) is 7.93. The van der Waals surface area contributed by atoms with Gasteiger partial charge in [0.2, 0.25) is 5.78 Å². The Balaban J connectivity index is 2.29. The van der Waals surface area contributed by atoms with Crippen LogP contribution in [0, 0.1) is 0 Å². The maximum absolute atomic E-state index is 12.4. The first-order valence-corrected chi connectivity index (χ1v) is 8.68. The summed E-state index contributed by atoms with van der Waals surface area (Å²) in [5.41, 5.74) is 4.03. The monoisotopic (exact) mass is 413 g/mol. The van der Waals surface area contributed by atoms with Gasteiger partial charge in [-0.25, -0.2) is 9.59 Å². The molecule has 0 unspecified atom stereocenters. The van der Waals surface area contributed by atoms with E-state index in [-0.39, 0.29) is 28.0 Å². The molecule has 0 spiro atoms. The number of halogens is 2. The molecule has 1 aromatic heterocycles. The molecule has 1 aromatic carbocycles. The number of Topliss-reactive ketones (excluding diaryl/α,β-unsaturated/α-hetero) is 1. The molecule has 2 aromatic rings. The maximum Gasteiger partial charge on any atom is 0.338 e. The number of nitrogens with two attached hydrogens (primary N) is 1. The number of carbonyl (C=O) groups excluding carboxylic acids is 2. The smallest absolute Gasteiger partial charge is 0.338 e. The van der Waals surface area contributed by atoms with Crippen LogP contribution in [-0.4, -0.2) is 27.5 Å². The largest absolute Gasteiger partial charge is 0.454 e. The fraction of sp³-hybridized carbons (Fsp3) is 0.294. The Morgan fingerprint density at radius 2 is 1.74 bits per heavy atom. The van der Waals surface area contributed by atoms with Crippen LogP contribution < -0.4 is 17.0 Å². The van der Waals surface area contributed by atoms with Crippen LogP contribution in [0.4, 0.5) is 5.82 Å². The molecule has 2 rings (SSSR count). The minimum atomic E-state index is -0.850. The van der Waals surface area contributed by atoms with Crippen LogP contribution in [0.5, 0.6) is 0 Å². The van der Waals surface area contributed by atoms with Crippen molar-refractivity contribution in [2.45, 2.75) is 19.9 Å². The number of benzene rings is 1. The number of hydrogen-bond donors (Lipinski definition) is 1. The van der Waals surface area contributed by atoms with Crippen molar-refractivity contribution in [3.05, 3.63) is 60.2 Å². The molecule has 0 aliphatic heterocycles. The molecule has 0 fully saturated rings. The average Bonchev–Trinajstić information content (AvgIpc) is 2.60. The summed E-state index contributed by atoms with van der Waals surface area (Å²) in [6.07, 6.45) is 0.570. The summed E-state index contributed by atoms with van der Waals surface area (Å²) >= 11 is 11.6. The molecule has 2 N–H and O–H groups in total. The van der Waals surface area contributed by atoms with E-state index in [1.54, 1.807) is 0 Å². The Labute approximate surface area is 164 Å². The highest BCUT2D eigenvalue weighted by molar-refractivity contribution is 6.35. The molecule has 0 radical (unpaired) electrons. The summed E-state index contributed by atoms with van der Waals surface area (Å²) in [6.45, 7) is 1.32. The summed E-state index contributed by atoms with van der Waals surface area (Å²) in [4.78, 5) is 48.9. The van der Waals surface area contributed by atoms with Crippen LogP contribution in [0.1, 0.15) is 34.1 Å². The Hall–Kier alpha value is -2.58. The molecule has 27 heavy (non-hydrogen) atoms. The van der Waals surface area contributed by atoms with Gasteiger partial charge in [0, 0.05) is 23.6 Å². The number of anilines is 1. The SMILES string of the molecule is CCCn1c(N)c(C(=O)COC(=O)c2cc(Cl)cc(Cl)c2)c(=O)n(C)c1=O. The predicted octanol–water partition coefficient (Wildman–Crippen LogP) is 1.89. The van der Waals surface area contributed by atoms with Gasteiger partial charge in [-0.15, -0.1) is 0 Å². The van der Waals surface area contributed by atoms with Crippen LogP contribution in [0.2, 0.25) is 10.0 Å². The highest BCUT2D eigenvalue weighted by Crippen LogP contribution is 2.19. The van der Waals surface area contributed by atoms with Crippen molar-refractivity contribution in [2.24, 2.45) is 7.05 Å². The molecule has 8 nitrogen and oxygen atoms in total. The van der Waals surface area contributed by atoms with E-state index in [0.29, 0.717) is 6.42 Å². The summed E-state index contributed by atoms with van der Waals surface area (Å²) in [6, 6.07) is 4.09. The van der Waals surface area contributed by atoms with Crippen LogP contribution >= 0.6 is 23.2 Å². The van der Waals surface area contributed by atoms with Gasteiger partial charge in [0.25, 0.3) is 5.56 Å². The molecule has 0 saturated carbocycles. The Bertz CT molecular complexity index is 1010. The molecule has 0 aliphatic rings. The van der Waals surface area contributed by atoms with Gasteiger partial charge in [0.1, 0.15) is 11.4 Å². The lowest BCUT2D eigenvalue weighted by atomic mass is 10.2. The maximum atomic E-state index is 12.4. The second kappa shape index (κ2) is 8.41. The quantitative estimate of drug-likeness (QED) is 0.571. The Kier molecular flexibility index (Phi) is 6.45. The van der Waals surface area contributed by atoms with E-state index in [9.17, 15) is 19.2 Å². The summed E-state index contributed by atoms with van der Waals surface area (Å²) in [5, 5.41) is 0.455. The van der Waals surface area contributed by atoms with Crippen LogP contribution in [-0.2, 0) is 18.3 Å². The highest BCUT2D eigenvalue weighted by atomic mass is 35.5. The van der Waals surface area contributed by atoms with Crippen molar-refractivity contribution >= 4 is 40.8 Å². The first kappa shape index (κ1) is 20.7. The number of ketones is 1. The normalized spacial score (nSPS) is 10.7. The number of esters is 1. The van der Waals surface area contributed by atoms with Crippen LogP contribution in [0.3, 0.4) is 0 Å². The van der Waals surface area contributed by atoms with Gasteiger partial charge in [-0.1, -0.05) is 30.1 Å². The lowest BCUT2D eigenvalue weighted by molar-refractivity contribution is 0.0474. The van der Waals surface area contributed by atoms with Crippen LogP contribution in [0.25, 0.3) is 0 Å². The summed E-state index contributed by atoms with van der Waals surface area (Å²) in [5.74, 6) is -1.92. The number of hydrogen-bond acceptors (Lipinski definition) is 6. The second-order valence-corrected chi connectivity index (χ2v) is 6.59. The second-order valence-electron chi connectivity index (χ2n) is 5.72. The van der Waals surface area contributed by atoms with Gasteiger partial charge in [0.05, 0.1) is 5.56 Å². The van der Waals surface area contributed by atoms with Crippen molar-refractivity contribution in [1.82, 2.24) is 9.13 Å². The van der Waals surface area contributed by atoms with Crippen molar-refractivity contribution in [3.8, 4) is 0 Å². The minimum Gasteiger partial charge on any atom is -0.454 e. The van der Waals surface area contributed by atoms with Gasteiger partial charge < -0.3 is 10.5 Å². The van der Waals surface area contributed by atoms with E-state index in [4.69, 9.17) is 33.7 Å². The molecule has 0 aliphatic carbocycles. The van der Waals surface area contributed by atoms with E-state index in [1.165, 1.54) is 25.2 Å². The van der Waals surface area contributed by atoms with Gasteiger partial charge in [-0.3, -0.25) is 18.7 Å². The fourth-order valence-corrected chi connectivity index (χ4v) is 2.97. The van der Waals surface area contributed by atoms with Crippen molar-refractivity contribution in [1.29, 1.82) is 0 Å². The molecular weight excluding hydrogens is 397 g/mol. The number of ether oxygens (including phenoxy) is 1. The van der Waals surface area contributed by atoms with Crippen molar-refractivity contribution in [3.63, 3.8) is 0 Å². The topological polar surface area (TPSA) is 113 Å². The number of rotatable bonds is 6. The number of carbonyl (C=O) groups is 2. The zero-order valence-electron chi connectivity index (χ0n) is 14.6. The number of nitrogens with zero attached hydrogens (tertiary/aromatic N) is 2. The summed E-state index contributed by atoms with van der Waals surface area (Å²) < 4.78 is 6.86. The zero-order chi connectivity index (χ0) is 20.3. The van der Waals surface area contributed by atoms with E-state index >= 15 is 0 Å². The van der Waals surface area contributed by atoms with E-state index in [2.05, 4.69) is 0 Å². The molecular formula is C17H17Cl2N3O5. The van der Waals surface area contributed by atoms with Gasteiger partial charge >= 0.3 is 11.7 Å². The molecule has 144 valence electrons. The van der Waals surface area contributed by atoms with Crippen molar-refractivity contribution < 1.29 is 14.3 Å². The zero-order valence-corrected chi connectivity index (χ0v) is 16.1. The third kappa shape index (κ3) is 4.40. The van der Waals surface area contributed by atoms with Gasteiger partial charge in [-0.05, 0) is 24.6 Å². The predicted molar refractivity (Wildman–Crippen MR) is 102 cm³/mol.